The minimum Gasteiger partial charge on any atom is -0.646 e. The molecule has 1 rings (SSSR count). The van der Waals surface area contributed by atoms with E-state index in [1.54, 1.807) is 0 Å². The van der Waals surface area contributed by atoms with Gasteiger partial charge >= 0.3 is 59.1 Å². The molecule has 0 aliphatic carbocycles. The number of amides is 1. The molecule has 11 heavy (non-hydrogen) atoms. The molecule has 0 unspecified atom stereocenters. The molecule has 0 aromatic rings. The average Bonchev–Trinajstić information content (AvgIpc) is 2.14. The van der Waals surface area contributed by atoms with E-state index < -0.39 is 12.0 Å². The summed E-state index contributed by atoms with van der Waals surface area (Å²) >= 11 is 0. The molecule has 0 radical (unpaired) electrons. The van der Waals surface area contributed by atoms with Crippen LogP contribution >= 0.6 is 0 Å². The quantitative estimate of drug-likeness (QED) is 0.370. The van der Waals surface area contributed by atoms with E-state index in [0.29, 0.717) is 6.42 Å². The van der Waals surface area contributed by atoms with E-state index in [1.807, 2.05) is 0 Å². The molecule has 6 heteroatoms. The Morgan fingerprint density at radius 3 is 2.27 bits per heavy atom. The van der Waals surface area contributed by atoms with Crippen LogP contribution in [0.15, 0.2) is 0 Å². The molecule has 0 aromatic carbocycles. The zero-order chi connectivity index (χ0) is 6.85. The fourth-order valence-electron chi connectivity index (χ4n) is 0.734. The summed E-state index contributed by atoms with van der Waals surface area (Å²) in [5.41, 5.74) is 0. The Labute approximate surface area is 109 Å². The van der Waals surface area contributed by atoms with Crippen LogP contribution in [-0.4, -0.2) is 17.9 Å². The molecule has 1 heterocycles. The Hall–Kier alpha value is 0.940. The third kappa shape index (κ3) is 4.50. The number of carbonyl (C=O) groups excluding carboxylic acids is 2. The van der Waals surface area contributed by atoms with Crippen molar-refractivity contribution >= 4 is 11.9 Å². The number of carboxylic acids is 1. The van der Waals surface area contributed by atoms with E-state index in [1.165, 1.54) is 0 Å². The number of hydrogen-bond donors (Lipinski definition) is 0. The third-order valence-corrected chi connectivity index (χ3v) is 1.20. The predicted octanol–water partition coefficient (Wildman–Crippen LogP) is -7.19. The average molecular weight is 173 g/mol. The molecule has 0 N–H and O–H groups in total. The Kier molecular flexibility index (Phi) is 8.49. The zero-order valence-corrected chi connectivity index (χ0v) is 10.7. The first-order valence-corrected chi connectivity index (χ1v) is 2.64. The van der Waals surface area contributed by atoms with E-state index >= 15 is 0 Å². The van der Waals surface area contributed by atoms with Gasteiger partial charge in [-0.05, 0) is 6.42 Å². The van der Waals surface area contributed by atoms with Crippen molar-refractivity contribution in [3.05, 3.63) is 5.32 Å². The molecule has 1 aliphatic rings. The first kappa shape index (κ1) is 14.5. The van der Waals surface area contributed by atoms with E-state index in [0.717, 1.165) is 0 Å². The standard InChI is InChI=1S/C5H7NO3.2Na/c7-4-2-1-3(6-4)5(8)9;;/h3H,1-2H2,(H2,6,7,8,9);;/q;2*+1/p-2/t3-;;/m0../s1. The van der Waals surface area contributed by atoms with Crippen LogP contribution in [0.5, 0.6) is 0 Å². The van der Waals surface area contributed by atoms with Gasteiger partial charge in [-0.15, -0.1) is 0 Å². The van der Waals surface area contributed by atoms with E-state index in [2.05, 4.69) is 5.32 Å². The predicted molar refractivity (Wildman–Crippen MR) is 26.4 cm³/mol. The van der Waals surface area contributed by atoms with Gasteiger partial charge in [0.1, 0.15) is 0 Å². The fourth-order valence-corrected chi connectivity index (χ4v) is 0.734. The van der Waals surface area contributed by atoms with Crippen molar-refractivity contribution in [2.24, 2.45) is 0 Å². The number of carboxylic acid groups (broad SMARTS) is 1. The molecule has 1 amide bonds. The molecule has 1 saturated heterocycles. The van der Waals surface area contributed by atoms with Crippen LogP contribution in [-0.2, 0) is 9.59 Å². The largest absolute Gasteiger partial charge is 1.00 e. The van der Waals surface area contributed by atoms with Gasteiger partial charge in [0.15, 0.2) is 0 Å². The molecule has 1 aliphatic heterocycles. The minimum atomic E-state index is -1.25. The smallest absolute Gasteiger partial charge is 0.646 e. The SMILES string of the molecule is O=C1CC[C@@H](C(=O)[O-])[N-]1.[Na+].[Na+]. The van der Waals surface area contributed by atoms with Crippen molar-refractivity contribution < 1.29 is 73.8 Å². The second-order valence-corrected chi connectivity index (χ2v) is 1.90. The van der Waals surface area contributed by atoms with Crippen LogP contribution in [0.25, 0.3) is 5.32 Å². The summed E-state index contributed by atoms with van der Waals surface area (Å²) in [5, 5.41) is 13.3. The Morgan fingerprint density at radius 2 is 2.09 bits per heavy atom. The normalized spacial score (nSPS) is 21.1. The van der Waals surface area contributed by atoms with Gasteiger partial charge in [0, 0.05) is 5.97 Å². The molecule has 0 bridgehead atoms. The van der Waals surface area contributed by atoms with Crippen molar-refractivity contribution in [3.8, 4) is 0 Å². The van der Waals surface area contributed by atoms with Gasteiger partial charge in [-0.2, -0.15) is 0 Å². The van der Waals surface area contributed by atoms with Gasteiger partial charge in [-0.25, -0.2) is 0 Å². The summed E-state index contributed by atoms with van der Waals surface area (Å²) < 4.78 is 0. The number of rotatable bonds is 1. The first-order valence-electron chi connectivity index (χ1n) is 2.64. The minimum absolute atomic E-state index is 0. The van der Waals surface area contributed by atoms with Crippen molar-refractivity contribution in [1.82, 2.24) is 0 Å². The number of nitrogens with zero attached hydrogens (tertiary/aromatic N) is 1. The second kappa shape index (κ2) is 6.46. The molecular weight excluding hydrogens is 168 g/mol. The van der Waals surface area contributed by atoms with Crippen LogP contribution in [0, 0.1) is 0 Å². The first-order chi connectivity index (χ1) is 4.20. The summed E-state index contributed by atoms with van der Waals surface area (Å²) in [5.74, 6) is -1.58. The molecule has 0 spiro atoms. The van der Waals surface area contributed by atoms with Gasteiger partial charge < -0.3 is 20.0 Å². The van der Waals surface area contributed by atoms with Crippen LogP contribution in [0.3, 0.4) is 0 Å². The van der Waals surface area contributed by atoms with E-state index in [9.17, 15) is 14.7 Å². The van der Waals surface area contributed by atoms with E-state index in [-0.39, 0.29) is 71.4 Å². The molecule has 4 nitrogen and oxygen atoms in total. The Balaban J connectivity index is 0. The van der Waals surface area contributed by atoms with Gasteiger partial charge in [0.25, 0.3) is 0 Å². The Morgan fingerprint density at radius 1 is 1.55 bits per heavy atom. The molecule has 1 fully saturated rings. The monoisotopic (exact) mass is 173 g/mol. The second-order valence-electron chi connectivity index (χ2n) is 1.90. The maximum absolute atomic E-state index is 10.3. The van der Waals surface area contributed by atoms with Gasteiger partial charge in [0.2, 0.25) is 0 Å². The maximum Gasteiger partial charge on any atom is 1.00 e. The fraction of sp³-hybridized carbons (Fsp3) is 0.600. The van der Waals surface area contributed by atoms with Crippen LogP contribution < -0.4 is 64.2 Å². The number of hydrogen-bond acceptors (Lipinski definition) is 3. The van der Waals surface area contributed by atoms with Crippen LogP contribution in [0.4, 0.5) is 0 Å². The maximum atomic E-state index is 10.3. The van der Waals surface area contributed by atoms with Crippen molar-refractivity contribution in [2.75, 3.05) is 0 Å². The van der Waals surface area contributed by atoms with Gasteiger partial charge in [-0.3, -0.25) is 0 Å². The van der Waals surface area contributed by atoms with Crippen molar-refractivity contribution in [2.45, 2.75) is 18.9 Å². The Bertz CT molecular complexity index is 162. The molecule has 0 saturated carbocycles. The molecule has 1 atom stereocenters. The van der Waals surface area contributed by atoms with Gasteiger partial charge in [0.05, 0.1) is 5.91 Å². The summed E-state index contributed by atoms with van der Waals surface area (Å²) in [4.78, 5) is 20.3. The van der Waals surface area contributed by atoms with E-state index in [4.69, 9.17) is 0 Å². The summed E-state index contributed by atoms with van der Waals surface area (Å²) in [6, 6.07) is -0.877. The summed E-state index contributed by atoms with van der Waals surface area (Å²) in [6.07, 6.45) is 0.555. The van der Waals surface area contributed by atoms with Crippen molar-refractivity contribution in [3.63, 3.8) is 0 Å². The van der Waals surface area contributed by atoms with Crippen molar-refractivity contribution in [1.29, 1.82) is 0 Å². The third-order valence-electron chi connectivity index (χ3n) is 1.20. The van der Waals surface area contributed by atoms with Gasteiger partial charge in [-0.1, -0.05) is 12.5 Å². The molecular formula is C5H5NNa2O3. The zero-order valence-electron chi connectivity index (χ0n) is 6.66. The molecule has 0 aromatic heterocycles. The van der Waals surface area contributed by atoms with Crippen LogP contribution in [0.2, 0.25) is 0 Å². The molecule has 50 valence electrons. The summed E-state index contributed by atoms with van der Waals surface area (Å²) in [6.45, 7) is 0. The van der Waals surface area contributed by atoms with Crippen LogP contribution in [0.1, 0.15) is 12.8 Å². The number of aliphatic carboxylic acids is 1. The topological polar surface area (TPSA) is 71.3 Å². The number of carbonyl (C=O) groups is 2. The summed E-state index contributed by atoms with van der Waals surface area (Å²) in [7, 11) is 0.